The lowest BCUT2D eigenvalue weighted by atomic mass is 10.1. The SMILES string of the molecule is Cc1[nH]ncc1CNC1CCN(CCc2ccccc2)C1. The monoisotopic (exact) mass is 284 g/mol. The van der Waals surface area contributed by atoms with Crippen LogP contribution in [0.4, 0.5) is 0 Å². The van der Waals surface area contributed by atoms with Gasteiger partial charge in [-0.15, -0.1) is 0 Å². The summed E-state index contributed by atoms with van der Waals surface area (Å²) in [5, 5.41) is 10.7. The van der Waals surface area contributed by atoms with E-state index in [9.17, 15) is 0 Å². The molecule has 1 aliphatic rings. The second kappa shape index (κ2) is 6.87. The summed E-state index contributed by atoms with van der Waals surface area (Å²) in [6, 6.07) is 11.4. The molecule has 1 aromatic carbocycles. The summed E-state index contributed by atoms with van der Waals surface area (Å²) < 4.78 is 0. The minimum absolute atomic E-state index is 0.607. The van der Waals surface area contributed by atoms with Crippen molar-refractivity contribution in [1.29, 1.82) is 0 Å². The van der Waals surface area contributed by atoms with Crippen molar-refractivity contribution in [3.8, 4) is 0 Å². The predicted octanol–water partition coefficient (Wildman–Crippen LogP) is 2.12. The largest absolute Gasteiger partial charge is 0.308 e. The first kappa shape index (κ1) is 14.3. The Hall–Kier alpha value is -1.65. The maximum Gasteiger partial charge on any atom is 0.0535 e. The first-order chi connectivity index (χ1) is 10.3. The molecule has 0 saturated carbocycles. The van der Waals surface area contributed by atoms with E-state index < -0.39 is 0 Å². The summed E-state index contributed by atoms with van der Waals surface area (Å²) in [6.07, 6.45) is 4.31. The van der Waals surface area contributed by atoms with Crippen LogP contribution in [0, 0.1) is 6.92 Å². The van der Waals surface area contributed by atoms with Crippen molar-refractivity contribution in [2.45, 2.75) is 32.4 Å². The zero-order valence-corrected chi connectivity index (χ0v) is 12.7. The molecule has 3 rings (SSSR count). The number of hydrogen-bond acceptors (Lipinski definition) is 3. The number of H-pyrrole nitrogens is 1. The number of nitrogens with one attached hydrogen (secondary N) is 2. The fourth-order valence-electron chi connectivity index (χ4n) is 2.94. The molecule has 0 spiro atoms. The molecule has 1 atom stereocenters. The Morgan fingerprint density at radius 3 is 2.95 bits per heavy atom. The highest BCUT2D eigenvalue weighted by Gasteiger charge is 2.21. The molecule has 4 nitrogen and oxygen atoms in total. The molecule has 1 saturated heterocycles. The van der Waals surface area contributed by atoms with E-state index in [0.717, 1.165) is 26.1 Å². The average molecular weight is 284 g/mol. The number of rotatable bonds is 6. The normalized spacial score (nSPS) is 19.2. The van der Waals surface area contributed by atoms with Crippen LogP contribution in [0.1, 0.15) is 23.2 Å². The molecule has 2 heterocycles. The molecule has 0 aliphatic carbocycles. The van der Waals surface area contributed by atoms with E-state index in [-0.39, 0.29) is 0 Å². The van der Waals surface area contributed by atoms with Gasteiger partial charge in [0, 0.05) is 36.9 Å². The van der Waals surface area contributed by atoms with Gasteiger partial charge < -0.3 is 10.2 Å². The Kier molecular flexibility index (Phi) is 4.68. The molecule has 2 N–H and O–H groups in total. The second-order valence-electron chi connectivity index (χ2n) is 5.92. The van der Waals surface area contributed by atoms with E-state index in [1.165, 1.54) is 29.8 Å². The van der Waals surface area contributed by atoms with Gasteiger partial charge >= 0.3 is 0 Å². The molecule has 0 amide bonds. The number of hydrogen-bond donors (Lipinski definition) is 2. The van der Waals surface area contributed by atoms with Crippen LogP contribution in [0.5, 0.6) is 0 Å². The van der Waals surface area contributed by atoms with Gasteiger partial charge in [-0.05, 0) is 31.9 Å². The number of aromatic amines is 1. The van der Waals surface area contributed by atoms with Crippen molar-refractivity contribution >= 4 is 0 Å². The molecule has 1 fully saturated rings. The van der Waals surface area contributed by atoms with Gasteiger partial charge in [-0.2, -0.15) is 5.10 Å². The van der Waals surface area contributed by atoms with Gasteiger partial charge in [0.1, 0.15) is 0 Å². The Bertz CT molecular complexity index is 549. The predicted molar refractivity (Wildman–Crippen MR) is 85.2 cm³/mol. The summed E-state index contributed by atoms with van der Waals surface area (Å²) in [5.74, 6) is 0. The molecule has 21 heavy (non-hydrogen) atoms. The zero-order valence-electron chi connectivity index (χ0n) is 12.7. The Morgan fingerprint density at radius 1 is 1.33 bits per heavy atom. The highest BCUT2D eigenvalue weighted by Crippen LogP contribution is 2.12. The van der Waals surface area contributed by atoms with Crippen molar-refractivity contribution in [1.82, 2.24) is 20.4 Å². The van der Waals surface area contributed by atoms with Crippen LogP contribution in [-0.4, -0.2) is 40.8 Å². The summed E-state index contributed by atoms with van der Waals surface area (Å²) in [5.41, 5.74) is 3.88. The standard InChI is InChI=1S/C17H24N4/c1-14-16(12-19-20-14)11-18-17-8-10-21(13-17)9-7-15-5-3-2-4-6-15/h2-6,12,17-18H,7-11,13H2,1H3,(H,19,20). The lowest BCUT2D eigenvalue weighted by molar-refractivity contribution is 0.331. The van der Waals surface area contributed by atoms with Crippen molar-refractivity contribution in [2.75, 3.05) is 19.6 Å². The third kappa shape index (κ3) is 3.93. The van der Waals surface area contributed by atoms with Crippen LogP contribution in [0.25, 0.3) is 0 Å². The van der Waals surface area contributed by atoms with Crippen molar-refractivity contribution < 1.29 is 0 Å². The summed E-state index contributed by atoms with van der Waals surface area (Å²) in [6.45, 7) is 6.51. The van der Waals surface area contributed by atoms with E-state index in [0.29, 0.717) is 6.04 Å². The minimum Gasteiger partial charge on any atom is -0.308 e. The Balaban J connectivity index is 1.40. The number of benzene rings is 1. The van der Waals surface area contributed by atoms with Crippen LogP contribution >= 0.6 is 0 Å². The fraction of sp³-hybridized carbons (Fsp3) is 0.471. The molecule has 1 aromatic heterocycles. The van der Waals surface area contributed by atoms with Crippen LogP contribution in [0.3, 0.4) is 0 Å². The summed E-state index contributed by atoms with van der Waals surface area (Å²) in [7, 11) is 0. The molecular formula is C17H24N4. The van der Waals surface area contributed by atoms with Gasteiger partial charge in [-0.3, -0.25) is 5.10 Å². The molecule has 112 valence electrons. The maximum absolute atomic E-state index is 4.07. The second-order valence-corrected chi connectivity index (χ2v) is 5.92. The van der Waals surface area contributed by atoms with E-state index in [2.05, 4.69) is 57.7 Å². The number of likely N-dealkylation sites (tertiary alicyclic amines) is 1. The smallest absolute Gasteiger partial charge is 0.0535 e. The number of aryl methyl sites for hydroxylation is 1. The first-order valence-corrected chi connectivity index (χ1v) is 7.80. The molecule has 2 aromatic rings. The topological polar surface area (TPSA) is 44.0 Å². The van der Waals surface area contributed by atoms with Gasteiger partial charge in [-0.1, -0.05) is 30.3 Å². The fourth-order valence-corrected chi connectivity index (χ4v) is 2.94. The van der Waals surface area contributed by atoms with Crippen molar-refractivity contribution in [2.24, 2.45) is 0 Å². The summed E-state index contributed by atoms with van der Waals surface area (Å²) in [4.78, 5) is 2.56. The third-order valence-electron chi connectivity index (χ3n) is 4.35. The third-order valence-corrected chi connectivity index (χ3v) is 4.35. The minimum atomic E-state index is 0.607. The molecule has 0 bridgehead atoms. The van der Waals surface area contributed by atoms with Crippen LogP contribution in [0.15, 0.2) is 36.5 Å². The van der Waals surface area contributed by atoms with Crippen molar-refractivity contribution in [3.05, 3.63) is 53.3 Å². The highest BCUT2D eigenvalue weighted by molar-refractivity contribution is 5.15. The maximum atomic E-state index is 4.07. The van der Waals surface area contributed by atoms with E-state index >= 15 is 0 Å². The van der Waals surface area contributed by atoms with E-state index in [4.69, 9.17) is 0 Å². The summed E-state index contributed by atoms with van der Waals surface area (Å²) >= 11 is 0. The van der Waals surface area contributed by atoms with Crippen LogP contribution < -0.4 is 5.32 Å². The quantitative estimate of drug-likeness (QED) is 0.854. The molecule has 1 unspecified atom stereocenters. The highest BCUT2D eigenvalue weighted by atomic mass is 15.2. The Morgan fingerprint density at radius 2 is 2.19 bits per heavy atom. The van der Waals surface area contributed by atoms with Gasteiger partial charge in [0.15, 0.2) is 0 Å². The number of aromatic nitrogens is 2. The van der Waals surface area contributed by atoms with E-state index in [1.807, 2.05) is 6.20 Å². The zero-order chi connectivity index (χ0) is 14.5. The van der Waals surface area contributed by atoms with E-state index in [1.54, 1.807) is 0 Å². The number of nitrogens with zero attached hydrogens (tertiary/aromatic N) is 2. The molecular weight excluding hydrogens is 260 g/mol. The average Bonchev–Trinajstić information content (AvgIpc) is 3.13. The van der Waals surface area contributed by atoms with Crippen molar-refractivity contribution in [3.63, 3.8) is 0 Å². The van der Waals surface area contributed by atoms with Gasteiger partial charge in [-0.25, -0.2) is 0 Å². The van der Waals surface area contributed by atoms with Gasteiger partial charge in [0.05, 0.1) is 6.20 Å². The molecule has 0 radical (unpaired) electrons. The van der Waals surface area contributed by atoms with Gasteiger partial charge in [0.25, 0.3) is 0 Å². The lowest BCUT2D eigenvalue weighted by Gasteiger charge is -2.16. The van der Waals surface area contributed by atoms with Crippen LogP contribution in [-0.2, 0) is 13.0 Å². The first-order valence-electron chi connectivity index (χ1n) is 7.80. The van der Waals surface area contributed by atoms with Gasteiger partial charge in [0.2, 0.25) is 0 Å². The van der Waals surface area contributed by atoms with Crippen LogP contribution in [0.2, 0.25) is 0 Å². The lowest BCUT2D eigenvalue weighted by Crippen LogP contribution is -2.32. The molecule has 4 heteroatoms. The molecule has 1 aliphatic heterocycles. The Labute approximate surface area is 126 Å².